The molecule has 0 rings (SSSR count). The molecule has 0 aliphatic rings. The summed E-state index contributed by atoms with van der Waals surface area (Å²) in [6.45, 7) is 0.417. The number of hydrogen-bond acceptors (Lipinski definition) is 4. The zero-order valence-corrected chi connectivity index (χ0v) is 7.08. The summed E-state index contributed by atoms with van der Waals surface area (Å²) in [7, 11) is 0. The van der Waals surface area contributed by atoms with Crippen LogP contribution in [0.3, 0.4) is 0 Å². The normalized spacial score (nSPS) is 12.1. The van der Waals surface area contributed by atoms with Gasteiger partial charge in [-0.3, -0.25) is 10.2 Å². The zero-order valence-electron chi connectivity index (χ0n) is 7.08. The van der Waals surface area contributed by atoms with Crippen molar-refractivity contribution in [2.75, 3.05) is 6.54 Å². The van der Waals surface area contributed by atoms with Crippen LogP contribution in [0.1, 0.15) is 12.8 Å². The molecule has 1 atom stereocenters. The fraction of sp³-hybridized carbons (Fsp3) is 0.667. The highest BCUT2D eigenvalue weighted by Gasteiger charge is 2.14. The molecule has 0 aromatic carbocycles. The molecule has 0 aromatic heterocycles. The lowest BCUT2D eigenvalue weighted by Gasteiger charge is -2.09. The third-order valence-electron chi connectivity index (χ3n) is 1.44. The molecule has 0 amide bonds. The van der Waals surface area contributed by atoms with E-state index in [0.29, 0.717) is 13.0 Å². The van der Waals surface area contributed by atoms with Crippen molar-refractivity contribution in [2.24, 2.45) is 5.73 Å². The summed E-state index contributed by atoms with van der Waals surface area (Å²) < 4.78 is 0. The fourth-order valence-electron chi connectivity index (χ4n) is 0.772. The van der Waals surface area contributed by atoms with Crippen molar-refractivity contribution in [3.63, 3.8) is 0 Å². The van der Waals surface area contributed by atoms with E-state index < -0.39 is 12.0 Å². The summed E-state index contributed by atoms with van der Waals surface area (Å²) in [6, 6.07) is -0.964. The molecule has 0 heterocycles. The first-order chi connectivity index (χ1) is 6.07. The minimum Gasteiger partial charge on any atom is -0.480 e. The number of nitrogens with two attached hydrogens (primary N) is 1. The predicted molar refractivity (Wildman–Crippen MR) is 45.5 cm³/mol. The Bertz CT molecular complexity index is 185. The van der Waals surface area contributed by atoms with Crippen LogP contribution in [0, 0.1) is 5.41 Å². The number of aliphatic carboxylic acids is 1. The first kappa shape index (κ1) is 11.7. The van der Waals surface area contributed by atoms with Crippen LogP contribution in [-0.4, -0.2) is 34.8 Å². The lowest BCUT2D eigenvalue weighted by molar-refractivity contribution is -0.142. The van der Waals surface area contributed by atoms with Gasteiger partial charge < -0.3 is 21.4 Å². The van der Waals surface area contributed by atoms with Gasteiger partial charge in [0.1, 0.15) is 6.04 Å². The minimum absolute atomic E-state index is 0.149. The highest BCUT2D eigenvalue weighted by molar-refractivity contribution is 5.74. The Morgan fingerprint density at radius 1 is 1.62 bits per heavy atom. The predicted octanol–water partition coefficient (Wildman–Crippen LogP) is -1.32. The summed E-state index contributed by atoms with van der Waals surface area (Å²) in [5.74, 6) is -1.26. The topological polar surface area (TPSA) is 131 Å². The number of nitrogens with one attached hydrogen (secondary N) is 3. The first-order valence-electron chi connectivity index (χ1n) is 3.78. The molecule has 0 saturated heterocycles. The second-order valence-corrected chi connectivity index (χ2v) is 2.50. The first-order valence-corrected chi connectivity index (χ1v) is 3.78. The van der Waals surface area contributed by atoms with E-state index >= 15 is 0 Å². The number of rotatable bonds is 6. The van der Waals surface area contributed by atoms with Gasteiger partial charge in [0.15, 0.2) is 5.96 Å². The van der Waals surface area contributed by atoms with Crippen LogP contribution in [0.4, 0.5) is 0 Å². The smallest absolute Gasteiger partial charge is 0.323 e. The average molecular weight is 190 g/mol. The summed E-state index contributed by atoms with van der Waals surface area (Å²) in [5, 5.41) is 26.2. The molecule has 0 saturated carbocycles. The highest BCUT2D eigenvalue weighted by atomic mass is 16.5. The van der Waals surface area contributed by atoms with E-state index in [4.69, 9.17) is 21.5 Å². The average Bonchev–Trinajstić information content (AvgIpc) is 2.03. The van der Waals surface area contributed by atoms with Crippen molar-refractivity contribution in [3.8, 4) is 0 Å². The molecule has 0 radical (unpaired) electrons. The van der Waals surface area contributed by atoms with Crippen LogP contribution in [0.25, 0.3) is 0 Å². The third kappa shape index (κ3) is 5.88. The minimum atomic E-state index is -1.11. The van der Waals surface area contributed by atoms with Gasteiger partial charge in [0.25, 0.3) is 0 Å². The molecule has 13 heavy (non-hydrogen) atoms. The van der Waals surface area contributed by atoms with Crippen molar-refractivity contribution < 1.29 is 15.1 Å². The largest absolute Gasteiger partial charge is 0.480 e. The lowest BCUT2D eigenvalue weighted by Crippen LogP contribution is -2.36. The highest BCUT2D eigenvalue weighted by Crippen LogP contribution is 1.95. The van der Waals surface area contributed by atoms with Crippen LogP contribution in [-0.2, 0) is 4.79 Å². The standard InChI is InChI=1S/C6H14N4O3/c7-6(8)9-3-1-2-4(10-13)5(11)12/h4,10,13H,1-3H2,(H,11,12)(H4,7,8,9). The second-order valence-electron chi connectivity index (χ2n) is 2.50. The molecule has 7 nitrogen and oxygen atoms in total. The molecule has 0 aliphatic heterocycles. The molecular weight excluding hydrogens is 176 g/mol. The van der Waals surface area contributed by atoms with Crippen molar-refractivity contribution in [2.45, 2.75) is 18.9 Å². The quantitative estimate of drug-likeness (QED) is 0.133. The van der Waals surface area contributed by atoms with Crippen molar-refractivity contribution >= 4 is 11.9 Å². The summed E-state index contributed by atoms with van der Waals surface area (Å²) >= 11 is 0. The van der Waals surface area contributed by atoms with Gasteiger partial charge in [-0.15, -0.1) is 0 Å². The maximum Gasteiger partial charge on any atom is 0.323 e. The molecule has 7 heteroatoms. The van der Waals surface area contributed by atoms with Crippen LogP contribution in [0.15, 0.2) is 0 Å². The van der Waals surface area contributed by atoms with E-state index in [1.807, 2.05) is 0 Å². The molecule has 0 spiro atoms. The summed E-state index contributed by atoms with van der Waals surface area (Å²) in [5.41, 5.74) is 6.67. The Hall–Kier alpha value is -1.34. The Morgan fingerprint density at radius 3 is 2.62 bits per heavy atom. The Kier molecular flexibility index (Phi) is 5.57. The van der Waals surface area contributed by atoms with Gasteiger partial charge in [0, 0.05) is 6.54 Å². The van der Waals surface area contributed by atoms with Gasteiger partial charge in [-0.2, -0.15) is 5.48 Å². The number of guanidine groups is 1. The van der Waals surface area contributed by atoms with Gasteiger partial charge >= 0.3 is 5.97 Å². The fourth-order valence-corrected chi connectivity index (χ4v) is 0.772. The molecule has 0 fully saturated rings. The number of hydrogen-bond donors (Lipinski definition) is 6. The Balaban J connectivity index is 3.50. The zero-order chi connectivity index (χ0) is 10.3. The van der Waals surface area contributed by atoms with Crippen molar-refractivity contribution in [1.82, 2.24) is 10.8 Å². The van der Waals surface area contributed by atoms with Crippen LogP contribution < -0.4 is 16.5 Å². The van der Waals surface area contributed by atoms with Crippen molar-refractivity contribution in [3.05, 3.63) is 0 Å². The molecule has 0 aliphatic carbocycles. The van der Waals surface area contributed by atoms with E-state index in [1.54, 1.807) is 5.48 Å². The van der Waals surface area contributed by atoms with Crippen LogP contribution >= 0.6 is 0 Å². The van der Waals surface area contributed by atoms with Gasteiger partial charge in [0.2, 0.25) is 0 Å². The summed E-state index contributed by atoms with van der Waals surface area (Å²) in [4.78, 5) is 10.3. The molecule has 0 aromatic rings. The van der Waals surface area contributed by atoms with E-state index in [-0.39, 0.29) is 12.4 Å². The number of hydroxylamine groups is 1. The SMILES string of the molecule is N=C(N)NCCCC(NO)C(=O)O. The maximum absolute atomic E-state index is 10.3. The van der Waals surface area contributed by atoms with Gasteiger partial charge in [0.05, 0.1) is 0 Å². The van der Waals surface area contributed by atoms with E-state index in [9.17, 15) is 4.79 Å². The van der Waals surface area contributed by atoms with Gasteiger partial charge in [-0.1, -0.05) is 0 Å². The molecule has 0 bridgehead atoms. The monoisotopic (exact) mass is 190 g/mol. The van der Waals surface area contributed by atoms with Crippen molar-refractivity contribution in [1.29, 1.82) is 5.41 Å². The Labute approximate surface area is 75.4 Å². The van der Waals surface area contributed by atoms with Crippen LogP contribution in [0.2, 0.25) is 0 Å². The molecule has 7 N–H and O–H groups in total. The summed E-state index contributed by atoms with van der Waals surface area (Å²) in [6.07, 6.45) is 0.774. The molecule has 76 valence electrons. The van der Waals surface area contributed by atoms with Gasteiger partial charge in [-0.25, -0.2) is 0 Å². The third-order valence-corrected chi connectivity index (χ3v) is 1.44. The molecular formula is C6H14N4O3. The van der Waals surface area contributed by atoms with Crippen LogP contribution in [0.5, 0.6) is 0 Å². The Morgan fingerprint density at radius 2 is 2.23 bits per heavy atom. The molecule has 1 unspecified atom stereocenters. The lowest BCUT2D eigenvalue weighted by atomic mass is 10.2. The van der Waals surface area contributed by atoms with E-state index in [0.717, 1.165) is 0 Å². The van der Waals surface area contributed by atoms with E-state index in [1.165, 1.54) is 0 Å². The second kappa shape index (κ2) is 6.21. The number of carbonyl (C=O) groups is 1. The number of carboxylic acid groups (broad SMARTS) is 1. The number of carboxylic acids is 1. The van der Waals surface area contributed by atoms with Gasteiger partial charge in [-0.05, 0) is 12.8 Å². The van der Waals surface area contributed by atoms with E-state index in [2.05, 4.69) is 5.32 Å². The maximum atomic E-state index is 10.3.